The Morgan fingerprint density at radius 2 is 1.79 bits per heavy atom. The molecule has 146 valence electrons. The summed E-state index contributed by atoms with van der Waals surface area (Å²) in [6, 6.07) is 18.9. The van der Waals surface area contributed by atoms with Crippen molar-refractivity contribution in [1.29, 1.82) is 0 Å². The minimum absolute atomic E-state index is 0.188. The molecule has 0 aliphatic heterocycles. The molecule has 2 heterocycles. The summed E-state index contributed by atoms with van der Waals surface area (Å²) >= 11 is 2.54. The second kappa shape index (κ2) is 8.10. The highest BCUT2D eigenvalue weighted by Gasteiger charge is 2.21. The van der Waals surface area contributed by atoms with Crippen LogP contribution >= 0.6 is 23.1 Å². The predicted molar refractivity (Wildman–Crippen MR) is 120 cm³/mol. The highest BCUT2D eigenvalue weighted by molar-refractivity contribution is 8.00. The number of benzene rings is 2. The summed E-state index contributed by atoms with van der Waals surface area (Å²) in [5, 5.41) is 5.07. The van der Waals surface area contributed by atoms with E-state index in [0.717, 1.165) is 27.6 Å². The molecule has 2 aromatic heterocycles. The van der Waals surface area contributed by atoms with Crippen molar-refractivity contribution in [3.8, 4) is 11.1 Å². The average molecular weight is 423 g/mol. The van der Waals surface area contributed by atoms with E-state index in [4.69, 9.17) is 5.84 Å². The lowest BCUT2D eigenvalue weighted by atomic mass is 10.1. The van der Waals surface area contributed by atoms with Gasteiger partial charge in [-0.3, -0.25) is 9.59 Å². The van der Waals surface area contributed by atoms with Gasteiger partial charge in [0.2, 0.25) is 5.91 Å². The van der Waals surface area contributed by atoms with Crippen molar-refractivity contribution in [2.24, 2.45) is 0 Å². The van der Waals surface area contributed by atoms with E-state index in [-0.39, 0.29) is 11.5 Å². The molecule has 6 nitrogen and oxygen atoms in total. The number of nitrogens with two attached hydrogens (primary N) is 1. The third kappa shape index (κ3) is 3.90. The molecule has 8 heteroatoms. The molecule has 0 saturated heterocycles. The molecule has 0 radical (unpaired) electrons. The summed E-state index contributed by atoms with van der Waals surface area (Å²) in [6.07, 6.45) is 0. The van der Waals surface area contributed by atoms with Crippen LogP contribution in [0.25, 0.3) is 21.3 Å². The maximum atomic E-state index is 12.9. The fraction of sp³-hybridized carbons (Fsp3) is 0.0952. The third-order valence-corrected chi connectivity index (χ3v) is 6.32. The van der Waals surface area contributed by atoms with Crippen LogP contribution in [0.15, 0.2) is 76.0 Å². The number of fused-ring (bicyclic) bond motifs is 1. The van der Waals surface area contributed by atoms with E-state index in [1.807, 2.05) is 66.0 Å². The Hall–Kier alpha value is -3.10. The second-order valence-corrected chi connectivity index (χ2v) is 8.55. The Morgan fingerprint density at radius 3 is 2.48 bits per heavy atom. The van der Waals surface area contributed by atoms with Crippen LogP contribution in [-0.4, -0.2) is 20.8 Å². The summed E-state index contributed by atoms with van der Waals surface area (Å²) in [6.45, 7) is 1.75. The zero-order chi connectivity index (χ0) is 20.4. The molecule has 0 fully saturated rings. The Bertz CT molecular complexity index is 1220. The number of hydrogen-bond donors (Lipinski definition) is 2. The van der Waals surface area contributed by atoms with Gasteiger partial charge in [-0.1, -0.05) is 60.3 Å². The molecular weight excluding hydrogens is 404 g/mol. The number of nitrogen functional groups attached to an aromatic ring is 1. The number of hydrogen-bond acceptors (Lipinski definition) is 6. The lowest BCUT2D eigenvalue weighted by Crippen LogP contribution is -2.31. The molecule has 2 aromatic carbocycles. The van der Waals surface area contributed by atoms with Gasteiger partial charge in [0.05, 0.1) is 10.6 Å². The third-order valence-electron chi connectivity index (χ3n) is 4.39. The van der Waals surface area contributed by atoms with Crippen molar-refractivity contribution in [3.63, 3.8) is 0 Å². The van der Waals surface area contributed by atoms with Gasteiger partial charge in [0.1, 0.15) is 4.83 Å². The standard InChI is InChI=1S/C21H18N4O2S2/c1-13(18(26)23-15-10-6-3-7-11-15)29-21-24-19-17(20(27)25(21)22)16(12-28-19)14-8-4-2-5-9-14/h2-13H,22H2,1H3,(H,23,26)/t13-/m1/s1. The van der Waals surface area contributed by atoms with Gasteiger partial charge in [0.25, 0.3) is 5.56 Å². The quantitative estimate of drug-likeness (QED) is 0.289. The predicted octanol–water partition coefficient (Wildman–Crippen LogP) is 3.96. The van der Waals surface area contributed by atoms with Crippen molar-refractivity contribution in [2.75, 3.05) is 11.2 Å². The summed E-state index contributed by atoms with van der Waals surface area (Å²) in [5.74, 6) is 5.86. The Kier molecular flexibility index (Phi) is 5.37. The molecule has 1 amide bonds. The van der Waals surface area contributed by atoms with Gasteiger partial charge >= 0.3 is 0 Å². The van der Waals surface area contributed by atoms with E-state index in [2.05, 4.69) is 10.3 Å². The molecule has 4 rings (SSSR count). The minimum Gasteiger partial charge on any atom is -0.334 e. The number of anilines is 1. The number of carbonyl (C=O) groups is 1. The summed E-state index contributed by atoms with van der Waals surface area (Å²) < 4.78 is 1.03. The van der Waals surface area contributed by atoms with Crippen LogP contribution in [0.2, 0.25) is 0 Å². The van der Waals surface area contributed by atoms with Crippen LogP contribution < -0.4 is 16.7 Å². The minimum atomic E-state index is -0.483. The Balaban J connectivity index is 1.63. The molecule has 29 heavy (non-hydrogen) atoms. The molecule has 0 aliphatic rings. The molecular formula is C21H18N4O2S2. The fourth-order valence-corrected chi connectivity index (χ4v) is 4.69. The molecule has 0 aliphatic carbocycles. The van der Waals surface area contributed by atoms with Gasteiger partial charge in [0, 0.05) is 16.6 Å². The van der Waals surface area contributed by atoms with E-state index >= 15 is 0 Å². The normalized spacial score (nSPS) is 12.0. The maximum absolute atomic E-state index is 12.9. The first-order valence-electron chi connectivity index (χ1n) is 8.92. The number of para-hydroxylation sites is 1. The first-order valence-corrected chi connectivity index (χ1v) is 10.7. The van der Waals surface area contributed by atoms with Gasteiger partial charge in [-0.15, -0.1) is 11.3 Å². The first kappa shape index (κ1) is 19.2. The van der Waals surface area contributed by atoms with Gasteiger partial charge < -0.3 is 11.2 Å². The molecule has 0 spiro atoms. The summed E-state index contributed by atoms with van der Waals surface area (Å²) in [5.41, 5.74) is 2.14. The number of thioether (sulfide) groups is 1. The number of carbonyl (C=O) groups excluding carboxylic acids is 1. The molecule has 0 unspecified atom stereocenters. The first-order chi connectivity index (χ1) is 14.0. The van der Waals surface area contributed by atoms with E-state index < -0.39 is 5.25 Å². The van der Waals surface area contributed by atoms with Gasteiger partial charge in [-0.2, -0.15) is 0 Å². The van der Waals surface area contributed by atoms with E-state index in [9.17, 15) is 9.59 Å². The van der Waals surface area contributed by atoms with Crippen molar-refractivity contribution in [2.45, 2.75) is 17.3 Å². The maximum Gasteiger partial charge on any atom is 0.282 e. The molecule has 4 aromatic rings. The number of rotatable bonds is 5. The van der Waals surface area contributed by atoms with Crippen LogP contribution in [0.3, 0.4) is 0 Å². The molecule has 0 saturated carbocycles. The van der Waals surface area contributed by atoms with Crippen LogP contribution in [0.4, 0.5) is 5.69 Å². The average Bonchev–Trinajstić information content (AvgIpc) is 3.17. The van der Waals surface area contributed by atoms with Crippen LogP contribution in [0.5, 0.6) is 0 Å². The fourth-order valence-electron chi connectivity index (χ4n) is 2.88. The highest BCUT2D eigenvalue weighted by atomic mass is 32.2. The highest BCUT2D eigenvalue weighted by Crippen LogP contribution is 2.32. The SMILES string of the molecule is C[C@@H](Sc1nc2scc(-c3ccccc3)c2c(=O)n1N)C(=O)Nc1ccccc1. The number of thiophene rings is 1. The monoisotopic (exact) mass is 422 g/mol. The molecule has 0 bridgehead atoms. The zero-order valence-electron chi connectivity index (χ0n) is 15.5. The summed E-state index contributed by atoms with van der Waals surface area (Å²) in [4.78, 5) is 30.6. The van der Waals surface area contributed by atoms with Crippen molar-refractivity contribution >= 4 is 44.9 Å². The van der Waals surface area contributed by atoms with E-state index in [1.54, 1.807) is 6.92 Å². The lowest BCUT2D eigenvalue weighted by molar-refractivity contribution is -0.115. The van der Waals surface area contributed by atoms with Gasteiger partial charge in [0.15, 0.2) is 5.16 Å². The second-order valence-electron chi connectivity index (χ2n) is 6.38. The largest absolute Gasteiger partial charge is 0.334 e. The van der Waals surface area contributed by atoms with Crippen molar-refractivity contribution in [3.05, 3.63) is 76.4 Å². The topological polar surface area (TPSA) is 90.0 Å². The van der Waals surface area contributed by atoms with Crippen molar-refractivity contribution in [1.82, 2.24) is 9.66 Å². The lowest BCUT2D eigenvalue weighted by Gasteiger charge is -2.13. The van der Waals surface area contributed by atoms with Crippen LogP contribution in [0, 0.1) is 0 Å². The van der Waals surface area contributed by atoms with E-state index in [0.29, 0.717) is 21.1 Å². The molecule has 1 atom stereocenters. The van der Waals surface area contributed by atoms with Gasteiger partial charge in [-0.05, 0) is 24.6 Å². The number of amides is 1. The zero-order valence-corrected chi connectivity index (χ0v) is 17.2. The van der Waals surface area contributed by atoms with Crippen LogP contribution in [0.1, 0.15) is 6.92 Å². The molecule has 3 N–H and O–H groups in total. The number of nitrogens with one attached hydrogen (secondary N) is 1. The van der Waals surface area contributed by atoms with E-state index in [1.165, 1.54) is 11.3 Å². The van der Waals surface area contributed by atoms with Crippen molar-refractivity contribution < 1.29 is 4.79 Å². The number of aromatic nitrogens is 2. The smallest absolute Gasteiger partial charge is 0.282 e. The summed E-state index contributed by atoms with van der Waals surface area (Å²) in [7, 11) is 0. The van der Waals surface area contributed by atoms with Gasteiger partial charge in [-0.25, -0.2) is 9.66 Å². The number of nitrogens with zero attached hydrogens (tertiary/aromatic N) is 2. The Labute approximate surface area is 175 Å². The van der Waals surface area contributed by atoms with Crippen LogP contribution in [-0.2, 0) is 4.79 Å². The Morgan fingerprint density at radius 1 is 1.14 bits per heavy atom.